The fraction of sp³-hybridized carbons (Fsp3) is 0.409. The van der Waals surface area contributed by atoms with Crippen LogP contribution >= 0.6 is 11.3 Å². The molecule has 2 aromatic rings. The lowest BCUT2D eigenvalue weighted by Gasteiger charge is -2.32. The van der Waals surface area contributed by atoms with Crippen LogP contribution in [0.25, 0.3) is 10.4 Å². The molecule has 1 aromatic carbocycles. The van der Waals surface area contributed by atoms with Crippen molar-refractivity contribution in [1.82, 2.24) is 10.2 Å². The van der Waals surface area contributed by atoms with E-state index in [9.17, 15) is 23.2 Å². The molecule has 0 unspecified atom stereocenters. The second-order valence-corrected chi connectivity index (χ2v) is 8.78. The summed E-state index contributed by atoms with van der Waals surface area (Å²) in [6.45, 7) is 3.19. The highest BCUT2D eigenvalue weighted by molar-refractivity contribution is 7.18. The summed E-state index contributed by atoms with van der Waals surface area (Å²) in [5.41, 5.74) is 5.58. The molecule has 3 rings (SSSR count). The van der Waals surface area contributed by atoms with Gasteiger partial charge in [-0.3, -0.25) is 4.79 Å². The van der Waals surface area contributed by atoms with Gasteiger partial charge in [-0.1, -0.05) is 13.3 Å². The predicted molar refractivity (Wildman–Crippen MR) is 121 cm³/mol. The predicted octanol–water partition coefficient (Wildman–Crippen LogP) is 4.31. The molecule has 0 radical (unpaired) electrons. The monoisotopic (exact) mass is 480 g/mol. The molecule has 1 saturated heterocycles. The van der Waals surface area contributed by atoms with Crippen molar-refractivity contribution in [3.05, 3.63) is 40.8 Å². The summed E-state index contributed by atoms with van der Waals surface area (Å²) in [6, 6.07) is 3.26. The molecule has 11 heteroatoms. The van der Waals surface area contributed by atoms with E-state index < -0.39 is 29.7 Å². The van der Waals surface area contributed by atoms with E-state index >= 15 is 0 Å². The zero-order chi connectivity index (χ0) is 24.0. The maximum absolute atomic E-state index is 13.7. The van der Waals surface area contributed by atoms with Gasteiger partial charge in [-0.05, 0) is 43.0 Å². The highest BCUT2D eigenvalue weighted by atomic mass is 32.1. The fourth-order valence-electron chi connectivity index (χ4n) is 3.53. The molecule has 1 atom stereocenters. The van der Waals surface area contributed by atoms with Crippen molar-refractivity contribution >= 4 is 35.1 Å². The zero-order valence-electron chi connectivity index (χ0n) is 18.2. The number of halogens is 2. The number of amides is 4. The van der Waals surface area contributed by atoms with Crippen LogP contribution in [0.5, 0.6) is 0 Å². The number of carbonyl (C=O) groups is 3. The lowest BCUT2D eigenvalue weighted by molar-refractivity contribution is 0.0798. The Morgan fingerprint density at radius 1 is 1.21 bits per heavy atom. The van der Waals surface area contributed by atoms with Crippen LogP contribution < -0.4 is 16.4 Å². The minimum atomic E-state index is -0.877. The number of urea groups is 1. The fourth-order valence-corrected chi connectivity index (χ4v) is 4.53. The summed E-state index contributed by atoms with van der Waals surface area (Å²) in [7, 11) is 0. The van der Waals surface area contributed by atoms with Gasteiger partial charge >= 0.3 is 12.1 Å². The number of rotatable bonds is 7. The van der Waals surface area contributed by atoms with Gasteiger partial charge in [0.05, 0.1) is 12.3 Å². The van der Waals surface area contributed by atoms with Gasteiger partial charge in [0.25, 0.3) is 5.91 Å². The van der Waals surface area contributed by atoms with E-state index in [0.717, 1.165) is 42.4 Å². The largest absolute Gasteiger partial charge is 0.449 e. The third-order valence-corrected chi connectivity index (χ3v) is 6.26. The van der Waals surface area contributed by atoms with Crippen molar-refractivity contribution in [3.8, 4) is 10.4 Å². The lowest BCUT2D eigenvalue weighted by Crippen LogP contribution is -2.49. The maximum Gasteiger partial charge on any atom is 0.409 e. The van der Waals surface area contributed by atoms with Gasteiger partial charge in [0, 0.05) is 30.1 Å². The van der Waals surface area contributed by atoms with Crippen molar-refractivity contribution in [2.45, 2.75) is 38.6 Å². The molecule has 4 N–H and O–H groups in total. The number of primary amides is 1. The standard InChI is InChI=1S/C22H26F2N4O4S/c1-2-3-7-32-22(31)28-6-4-5-16(12-28)26-20(29)19-17(27-21(25)30)11-18(33-19)13-8-14(23)10-15(24)9-13/h8-11,16H,2-7,12H2,1H3,(H,26,29)(H3,25,27,30)/t16-/m1/s1. The Balaban J connectivity index is 1.74. The Labute approximate surface area is 194 Å². The summed E-state index contributed by atoms with van der Waals surface area (Å²) < 4.78 is 32.6. The molecular weight excluding hydrogens is 454 g/mol. The van der Waals surface area contributed by atoms with Crippen molar-refractivity contribution in [2.75, 3.05) is 25.0 Å². The second-order valence-electron chi connectivity index (χ2n) is 7.73. The van der Waals surface area contributed by atoms with Crippen LogP contribution in [-0.4, -0.2) is 48.7 Å². The third kappa shape index (κ3) is 6.64. The summed E-state index contributed by atoms with van der Waals surface area (Å²) in [5, 5.41) is 5.25. The first kappa shape index (κ1) is 24.4. The maximum atomic E-state index is 13.7. The van der Waals surface area contributed by atoms with Gasteiger partial charge in [-0.2, -0.15) is 0 Å². The Hall–Kier alpha value is -3.21. The zero-order valence-corrected chi connectivity index (χ0v) is 19.0. The molecule has 33 heavy (non-hydrogen) atoms. The van der Waals surface area contributed by atoms with Gasteiger partial charge < -0.3 is 26.0 Å². The molecule has 0 saturated carbocycles. The number of hydrogen-bond acceptors (Lipinski definition) is 5. The van der Waals surface area contributed by atoms with E-state index in [1.54, 1.807) is 4.90 Å². The van der Waals surface area contributed by atoms with Crippen LogP contribution in [0.4, 0.5) is 24.1 Å². The summed E-state index contributed by atoms with van der Waals surface area (Å²) >= 11 is 0.968. The van der Waals surface area contributed by atoms with E-state index in [-0.39, 0.29) is 22.2 Å². The number of ether oxygens (including phenoxy) is 1. The topological polar surface area (TPSA) is 114 Å². The number of nitrogens with zero attached hydrogens (tertiary/aromatic N) is 1. The van der Waals surface area contributed by atoms with Gasteiger partial charge in [0.15, 0.2) is 0 Å². The van der Waals surface area contributed by atoms with E-state index in [1.807, 2.05) is 6.92 Å². The quantitative estimate of drug-likeness (QED) is 0.512. The number of thiophene rings is 1. The smallest absolute Gasteiger partial charge is 0.409 e. The van der Waals surface area contributed by atoms with E-state index in [2.05, 4.69) is 10.6 Å². The number of carbonyl (C=O) groups excluding carboxylic acids is 3. The Bertz CT molecular complexity index is 1010. The van der Waals surface area contributed by atoms with Crippen molar-refractivity contribution in [2.24, 2.45) is 5.73 Å². The molecule has 1 aliphatic rings. The van der Waals surface area contributed by atoms with Crippen molar-refractivity contribution in [3.63, 3.8) is 0 Å². The minimum Gasteiger partial charge on any atom is -0.449 e. The number of nitrogens with two attached hydrogens (primary N) is 1. The molecular formula is C22H26F2N4O4S. The molecule has 0 spiro atoms. The van der Waals surface area contributed by atoms with Crippen molar-refractivity contribution in [1.29, 1.82) is 0 Å². The summed E-state index contributed by atoms with van der Waals surface area (Å²) in [5.74, 6) is -2.01. The van der Waals surface area contributed by atoms with Crippen LogP contribution in [-0.2, 0) is 4.74 Å². The molecule has 1 aromatic heterocycles. The number of likely N-dealkylation sites (tertiary alicyclic amines) is 1. The molecule has 1 aliphatic heterocycles. The molecule has 8 nitrogen and oxygen atoms in total. The number of hydrogen-bond donors (Lipinski definition) is 3. The highest BCUT2D eigenvalue weighted by Crippen LogP contribution is 2.35. The van der Waals surface area contributed by atoms with Crippen LogP contribution in [0.15, 0.2) is 24.3 Å². The molecule has 0 aliphatic carbocycles. The number of piperidine rings is 1. The van der Waals surface area contributed by atoms with Crippen LogP contribution in [0.3, 0.4) is 0 Å². The van der Waals surface area contributed by atoms with E-state index in [1.165, 1.54) is 6.07 Å². The first-order chi connectivity index (χ1) is 15.8. The number of nitrogens with one attached hydrogen (secondary N) is 2. The first-order valence-corrected chi connectivity index (χ1v) is 11.5. The molecule has 0 bridgehead atoms. The molecule has 4 amide bonds. The molecule has 2 heterocycles. The molecule has 178 valence electrons. The SMILES string of the molecule is CCCCOC(=O)N1CCC[C@@H](NC(=O)c2sc(-c3cc(F)cc(F)c3)cc2NC(N)=O)C1. The van der Waals surface area contributed by atoms with Gasteiger partial charge in [0.1, 0.15) is 16.5 Å². The van der Waals surface area contributed by atoms with Gasteiger partial charge in [-0.15, -0.1) is 11.3 Å². The number of anilines is 1. The van der Waals surface area contributed by atoms with Crippen LogP contribution in [0.1, 0.15) is 42.3 Å². The van der Waals surface area contributed by atoms with Crippen LogP contribution in [0.2, 0.25) is 0 Å². The Morgan fingerprint density at radius 3 is 2.61 bits per heavy atom. The Morgan fingerprint density at radius 2 is 1.94 bits per heavy atom. The lowest BCUT2D eigenvalue weighted by atomic mass is 10.1. The van der Waals surface area contributed by atoms with E-state index in [4.69, 9.17) is 10.5 Å². The normalized spacial score (nSPS) is 15.7. The van der Waals surface area contributed by atoms with Crippen molar-refractivity contribution < 1.29 is 27.9 Å². The first-order valence-electron chi connectivity index (χ1n) is 10.7. The Kier molecular flexibility index (Phi) is 8.21. The number of unbranched alkanes of at least 4 members (excludes halogenated alkanes) is 1. The van der Waals surface area contributed by atoms with Crippen LogP contribution in [0, 0.1) is 11.6 Å². The molecule has 1 fully saturated rings. The summed E-state index contributed by atoms with van der Waals surface area (Å²) in [6.07, 6.45) is 2.64. The van der Waals surface area contributed by atoms with E-state index in [0.29, 0.717) is 37.4 Å². The minimum absolute atomic E-state index is 0.135. The summed E-state index contributed by atoms with van der Waals surface area (Å²) in [4.78, 5) is 38.7. The third-order valence-electron chi connectivity index (χ3n) is 5.08. The average Bonchev–Trinajstić information content (AvgIpc) is 3.16. The van der Waals surface area contributed by atoms with Gasteiger partial charge in [0.2, 0.25) is 0 Å². The van der Waals surface area contributed by atoms with Gasteiger partial charge in [-0.25, -0.2) is 18.4 Å². The second kappa shape index (κ2) is 11.1. The average molecular weight is 481 g/mol. The highest BCUT2D eigenvalue weighted by Gasteiger charge is 2.27. The number of benzene rings is 1.